The highest BCUT2D eigenvalue weighted by molar-refractivity contribution is 7.93. The van der Waals surface area contributed by atoms with E-state index in [0.29, 0.717) is 35.4 Å². The third kappa shape index (κ3) is 11.7. The largest absolute Gasteiger partial charge is 0.494 e. The number of unbranched alkanes of at least 4 members (excludes halogenated alkanes) is 8. The van der Waals surface area contributed by atoms with Gasteiger partial charge in [0, 0.05) is 24.4 Å². The topological polar surface area (TPSA) is 163 Å². The second-order valence-electron chi connectivity index (χ2n) is 15.4. The van der Waals surface area contributed by atoms with Gasteiger partial charge in [0.05, 0.1) is 32.3 Å². The van der Waals surface area contributed by atoms with E-state index in [1.54, 1.807) is 36.4 Å². The van der Waals surface area contributed by atoms with Crippen LogP contribution in [-0.4, -0.2) is 81.1 Å². The minimum Gasteiger partial charge on any atom is -0.494 e. The van der Waals surface area contributed by atoms with Crippen molar-refractivity contribution in [3.8, 4) is 34.6 Å². The van der Waals surface area contributed by atoms with E-state index in [0.717, 1.165) is 54.4 Å². The summed E-state index contributed by atoms with van der Waals surface area (Å²) in [7, 11) is -4.26. The highest BCUT2D eigenvalue weighted by atomic mass is 32.2. The zero-order valence-electron chi connectivity index (χ0n) is 34.4. The van der Waals surface area contributed by atoms with Gasteiger partial charge in [-0.1, -0.05) is 90.3 Å². The average Bonchev–Trinajstić information content (AvgIpc) is 3.60. The number of nitrogens with zero attached hydrogens (tertiary/aromatic N) is 5. The fraction of sp³-hybridized carbons (Fsp3) is 0.537. The van der Waals surface area contributed by atoms with Crippen molar-refractivity contribution >= 4 is 25.8 Å². The van der Waals surface area contributed by atoms with Crippen LogP contribution in [0.4, 0.5) is 10.3 Å². The predicted molar refractivity (Wildman–Crippen MR) is 220 cm³/mol. The van der Waals surface area contributed by atoms with Gasteiger partial charge in [0.1, 0.15) is 33.9 Å². The highest BCUT2D eigenvalue weighted by Gasteiger charge is 2.40. The molecule has 0 bridgehead atoms. The Bertz CT molecular complexity index is 2130. The van der Waals surface area contributed by atoms with Gasteiger partial charge in [-0.25, -0.2) is 30.5 Å². The van der Waals surface area contributed by atoms with Gasteiger partial charge in [0.2, 0.25) is 21.9 Å². The third-order valence-electron chi connectivity index (χ3n) is 9.86. The summed E-state index contributed by atoms with van der Waals surface area (Å²) in [5.41, 5.74) is 0.685. The number of ether oxygens (including phenoxy) is 3. The van der Waals surface area contributed by atoms with Crippen LogP contribution in [0.25, 0.3) is 17.2 Å². The van der Waals surface area contributed by atoms with Gasteiger partial charge >= 0.3 is 0 Å². The first-order valence-electron chi connectivity index (χ1n) is 19.3. The summed E-state index contributed by atoms with van der Waals surface area (Å²) < 4.78 is 89.0. The Morgan fingerprint density at radius 2 is 1.39 bits per heavy atom. The Hall–Kier alpha value is -4.28. The summed E-state index contributed by atoms with van der Waals surface area (Å²) in [6, 6.07) is 13.0. The van der Waals surface area contributed by atoms with Crippen molar-refractivity contribution in [2.45, 2.75) is 108 Å². The van der Waals surface area contributed by atoms with Crippen LogP contribution in [-0.2, 0) is 19.9 Å². The molecule has 13 nitrogen and oxygen atoms in total. The Balaban J connectivity index is 1.76. The maximum absolute atomic E-state index is 14.9. The first-order valence-corrected chi connectivity index (χ1v) is 22.7. The van der Waals surface area contributed by atoms with Crippen molar-refractivity contribution in [1.82, 2.24) is 19.7 Å². The first-order chi connectivity index (χ1) is 26.9. The first kappa shape index (κ1) is 45.4. The molecule has 2 aromatic heterocycles. The summed E-state index contributed by atoms with van der Waals surface area (Å²) in [6.07, 6.45) is 9.07. The third-order valence-corrected chi connectivity index (χ3v) is 13.2. The molecule has 1 N–H and O–H groups in total. The molecule has 0 unspecified atom stereocenters. The minimum absolute atomic E-state index is 0.0598. The molecule has 16 heteroatoms. The van der Waals surface area contributed by atoms with E-state index in [2.05, 4.69) is 36.0 Å². The highest BCUT2D eigenvalue weighted by Crippen LogP contribution is 2.40. The number of aromatic nitrogens is 4. The maximum atomic E-state index is 14.9. The van der Waals surface area contributed by atoms with Crippen molar-refractivity contribution in [2.75, 3.05) is 38.4 Å². The number of hydrogen-bond acceptors (Lipinski definition) is 11. The number of sulfonamides is 1. The zero-order valence-corrected chi connectivity index (χ0v) is 36.0. The monoisotopic (exact) mass is 831 g/mol. The quantitative estimate of drug-likeness (QED) is 0.0762. The van der Waals surface area contributed by atoms with E-state index in [4.69, 9.17) is 14.2 Å². The lowest BCUT2D eigenvalue weighted by molar-refractivity contribution is 0.172. The van der Waals surface area contributed by atoms with Crippen LogP contribution in [0.1, 0.15) is 104 Å². The molecule has 0 aliphatic carbocycles. The van der Waals surface area contributed by atoms with Gasteiger partial charge in [-0.05, 0) is 55.5 Å². The van der Waals surface area contributed by atoms with E-state index in [1.165, 1.54) is 58.5 Å². The van der Waals surface area contributed by atoms with Crippen molar-refractivity contribution in [2.24, 2.45) is 5.41 Å². The lowest BCUT2D eigenvalue weighted by Gasteiger charge is -2.30. The van der Waals surface area contributed by atoms with Crippen LogP contribution >= 0.6 is 0 Å². The average molecular weight is 832 g/mol. The molecule has 2 atom stereocenters. The molecule has 314 valence electrons. The number of benzene rings is 2. The number of rotatable bonds is 22. The number of anilines is 1. The Labute approximate surface area is 337 Å². The number of methoxy groups -OCH3 is 3. The fourth-order valence-corrected chi connectivity index (χ4v) is 9.24. The van der Waals surface area contributed by atoms with Crippen molar-refractivity contribution in [3.05, 3.63) is 66.0 Å². The number of para-hydroxylation sites is 1. The SMILES string of the molecule is COc1cccc(-c2nnc(N(CCCCCCCCCCCC(C)(C)C)S(=O)(=O)[C@@H](C)[C@H](O)c3ccc(F)cc3S(C)(=O)=O)n2-c2c(OC)cccc2OC)n1. The van der Waals surface area contributed by atoms with E-state index < -0.39 is 41.9 Å². The van der Waals surface area contributed by atoms with Crippen LogP contribution < -0.4 is 18.5 Å². The van der Waals surface area contributed by atoms with Crippen LogP contribution in [0.3, 0.4) is 0 Å². The van der Waals surface area contributed by atoms with Gasteiger partial charge < -0.3 is 19.3 Å². The number of aliphatic hydroxyl groups is 1. The summed E-state index contributed by atoms with van der Waals surface area (Å²) in [6.45, 7) is 8.00. The summed E-state index contributed by atoms with van der Waals surface area (Å²) in [5.74, 6) is 0.0546. The molecule has 0 aliphatic rings. The van der Waals surface area contributed by atoms with Crippen LogP contribution in [0.15, 0.2) is 59.5 Å². The lowest BCUT2D eigenvalue weighted by atomic mass is 9.89. The maximum Gasteiger partial charge on any atom is 0.246 e. The van der Waals surface area contributed by atoms with Gasteiger partial charge in [0.25, 0.3) is 0 Å². The fourth-order valence-electron chi connectivity index (χ4n) is 6.69. The molecular weight excluding hydrogens is 774 g/mol. The van der Waals surface area contributed by atoms with Crippen LogP contribution in [0, 0.1) is 11.2 Å². The van der Waals surface area contributed by atoms with Gasteiger partial charge in [0.15, 0.2) is 15.7 Å². The molecule has 4 rings (SSSR count). The van der Waals surface area contributed by atoms with Crippen molar-refractivity contribution in [1.29, 1.82) is 0 Å². The van der Waals surface area contributed by atoms with E-state index in [-0.39, 0.29) is 35.4 Å². The number of pyridine rings is 1. The molecule has 0 spiro atoms. The van der Waals surface area contributed by atoms with Gasteiger partial charge in [-0.15, -0.1) is 10.2 Å². The van der Waals surface area contributed by atoms with Gasteiger partial charge in [-0.2, -0.15) is 0 Å². The van der Waals surface area contributed by atoms with Crippen LogP contribution in [0.5, 0.6) is 17.4 Å². The van der Waals surface area contributed by atoms with E-state index >= 15 is 0 Å². The number of aliphatic hydroxyl groups excluding tert-OH is 1. The smallest absolute Gasteiger partial charge is 0.246 e. The second kappa shape index (κ2) is 19.9. The molecule has 2 heterocycles. The molecule has 0 saturated heterocycles. The van der Waals surface area contributed by atoms with Crippen molar-refractivity contribution in [3.63, 3.8) is 0 Å². The summed E-state index contributed by atoms with van der Waals surface area (Å²) >= 11 is 0. The lowest BCUT2D eigenvalue weighted by Crippen LogP contribution is -2.42. The predicted octanol–water partition coefficient (Wildman–Crippen LogP) is 8.10. The molecule has 0 saturated carbocycles. The van der Waals surface area contributed by atoms with Crippen molar-refractivity contribution < 1.29 is 40.5 Å². The van der Waals surface area contributed by atoms with E-state index in [1.807, 2.05) is 0 Å². The molecular formula is C41H58FN5O8S2. The summed E-state index contributed by atoms with van der Waals surface area (Å²) in [4.78, 5) is 4.04. The molecule has 0 aliphatic heterocycles. The Kier molecular flexibility index (Phi) is 15.9. The standard InChI is InChI=1S/C41H58FN5O8S2/c1-29(38(48)31-25-24-30(42)28-35(31)56(8,49)50)57(51,52)46(27-17-15-13-11-9-10-12-14-16-26-41(2,3)4)40-45-44-39(32-20-18-23-36(43-32)55-7)47(40)37-33(53-5)21-19-22-34(37)54-6/h18-25,28-29,38,48H,9-17,26-27H2,1-8H3/t29-,38-/m0/s1. The Morgan fingerprint density at radius 1 is 0.807 bits per heavy atom. The van der Waals surface area contributed by atoms with Gasteiger partial charge in [-0.3, -0.25) is 4.57 Å². The second-order valence-corrected chi connectivity index (χ2v) is 19.6. The molecule has 0 fully saturated rings. The normalized spacial score (nSPS) is 13.3. The number of halogens is 1. The minimum atomic E-state index is -4.60. The molecule has 0 radical (unpaired) electrons. The molecule has 4 aromatic rings. The molecule has 0 amide bonds. The molecule has 57 heavy (non-hydrogen) atoms. The zero-order chi connectivity index (χ0) is 42.0. The summed E-state index contributed by atoms with van der Waals surface area (Å²) in [5, 5.41) is 18.9. The van der Waals surface area contributed by atoms with Crippen LogP contribution in [0.2, 0.25) is 0 Å². The Morgan fingerprint density at radius 3 is 1.95 bits per heavy atom. The number of sulfone groups is 1. The van der Waals surface area contributed by atoms with E-state index in [9.17, 15) is 26.3 Å². The number of hydrogen-bond donors (Lipinski definition) is 1. The molecule has 2 aromatic carbocycles.